The van der Waals surface area contributed by atoms with Crippen molar-refractivity contribution in [2.45, 2.75) is 79.2 Å². The van der Waals surface area contributed by atoms with E-state index in [1.165, 1.54) is 19.3 Å². The Kier molecular flexibility index (Phi) is 18.0. The van der Waals surface area contributed by atoms with Crippen molar-refractivity contribution < 1.29 is 19.1 Å². The summed E-state index contributed by atoms with van der Waals surface area (Å²) in [4.78, 5) is 26.7. The lowest BCUT2D eigenvalue weighted by Gasteiger charge is -2.19. The number of nitrogens with zero attached hydrogens (tertiary/aromatic N) is 1. The molecule has 172 valence electrons. The summed E-state index contributed by atoms with van der Waals surface area (Å²) in [6, 6.07) is 5.23. The minimum Gasteiger partial charge on any atom is -0.377 e. The van der Waals surface area contributed by atoms with Crippen LogP contribution in [0, 0.1) is 5.92 Å². The van der Waals surface area contributed by atoms with Crippen molar-refractivity contribution in [3.05, 3.63) is 30.1 Å². The van der Waals surface area contributed by atoms with Crippen LogP contribution in [0.25, 0.3) is 0 Å². The van der Waals surface area contributed by atoms with E-state index in [9.17, 15) is 9.59 Å². The average molecular weight is 423 g/mol. The lowest BCUT2D eigenvalue weighted by atomic mass is 9.85. The molecule has 0 spiro atoms. The minimum atomic E-state index is -0.183. The van der Waals surface area contributed by atoms with Gasteiger partial charge in [0.1, 0.15) is 11.5 Å². The van der Waals surface area contributed by atoms with E-state index in [2.05, 4.69) is 10.3 Å². The molecule has 6 heteroatoms. The van der Waals surface area contributed by atoms with E-state index in [1.54, 1.807) is 24.4 Å². The summed E-state index contributed by atoms with van der Waals surface area (Å²) in [6.07, 6.45) is 8.76. The molecular formula is C24H42N2O4. The highest BCUT2D eigenvalue weighted by Crippen LogP contribution is 2.24. The van der Waals surface area contributed by atoms with E-state index < -0.39 is 0 Å². The van der Waals surface area contributed by atoms with Crippen LogP contribution in [0.5, 0.6) is 0 Å². The number of ether oxygens (including phenoxy) is 2. The third-order valence-electron chi connectivity index (χ3n) is 4.52. The SMILES string of the molecule is CC.CC(C)OCCOCCNC(=O)c1ccccn1.CCC(=O)C1CCCCC1. The molecule has 0 bridgehead atoms. The molecule has 1 saturated carbocycles. The van der Waals surface area contributed by atoms with Crippen molar-refractivity contribution in [1.29, 1.82) is 0 Å². The predicted octanol–water partition coefficient (Wildman–Crippen LogP) is 4.83. The van der Waals surface area contributed by atoms with Crippen molar-refractivity contribution in [2.75, 3.05) is 26.4 Å². The Labute approximate surface area is 183 Å². The zero-order chi connectivity index (χ0) is 22.6. The molecule has 1 N–H and O–H groups in total. The summed E-state index contributed by atoms with van der Waals surface area (Å²) in [5, 5.41) is 2.73. The first-order valence-corrected chi connectivity index (χ1v) is 11.5. The molecule has 0 unspecified atom stereocenters. The van der Waals surface area contributed by atoms with Gasteiger partial charge in [-0.25, -0.2) is 0 Å². The van der Waals surface area contributed by atoms with Crippen LogP contribution in [0.15, 0.2) is 24.4 Å². The van der Waals surface area contributed by atoms with Crippen LogP contribution in [0.4, 0.5) is 0 Å². The Morgan fingerprint density at radius 2 is 1.80 bits per heavy atom. The van der Waals surface area contributed by atoms with E-state index >= 15 is 0 Å². The normalized spacial score (nSPS) is 13.5. The first-order chi connectivity index (χ1) is 14.5. The molecule has 30 heavy (non-hydrogen) atoms. The van der Waals surface area contributed by atoms with Gasteiger partial charge in [-0.2, -0.15) is 0 Å². The fourth-order valence-corrected chi connectivity index (χ4v) is 2.98. The standard InChI is InChI=1S/C13H20N2O3.C9H16O.C2H6/c1-11(2)18-10-9-17-8-7-15-13(16)12-5-3-4-6-14-12;1-2-9(10)8-6-4-3-5-7-8;1-2/h3-6,11H,7-10H2,1-2H3,(H,15,16);8H,2-7H2,1H3;1-2H3. The Bertz CT molecular complexity index is 543. The minimum absolute atomic E-state index is 0.183. The summed E-state index contributed by atoms with van der Waals surface area (Å²) in [5.41, 5.74) is 0.417. The van der Waals surface area contributed by atoms with Crippen LogP contribution in [-0.4, -0.2) is 49.1 Å². The highest BCUT2D eigenvalue weighted by Gasteiger charge is 2.18. The van der Waals surface area contributed by atoms with Gasteiger partial charge in [-0.05, 0) is 38.8 Å². The van der Waals surface area contributed by atoms with Crippen LogP contribution >= 0.6 is 0 Å². The Hall–Kier alpha value is -1.79. The number of nitrogens with one attached hydrogen (secondary N) is 1. The highest BCUT2D eigenvalue weighted by molar-refractivity contribution is 5.92. The molecule has 1 amide bonds. The number of Topliss-reactive ketones (excluding diaryl/α,β-unsaturated/α-hetero) is 1. The number of carbonyl (C=O) groups excluding carboxylic acids is 2. The van der Waals surface area contributed by atoms with Gasteiger partial charge in [0.2, 0.25) is 0 Å². The van der Waals surface area contributed by atoms with Gasteiger partial charge in [-0.3, -0.25) is 14.6 Å². The molecule has 6 nitrogen and oxygen atoms in total. The molecule has 2 rings (SSSR count). The molecule has 0 radical (unpaired) electrons. The average Bonchev–Trinajstić information content (AvgIpc) is 2.80. The van der Waals surface area contributed by atoms with Gasteiger partial charge in [-0.1, -0.05) is 46.1 Å². The molecule has 1 aliphatic rings. The number of rotatable bonds is 10. The number of amides is 1. The summed E-state index contributed by atoms with van der Waals surface area (Å²) in [7, 11) is 0. The zero-order valence-electron chi connectivity index (χ0n) is 19.6. The van der Waals surface area contributed by atoms with Crippen LogP contribution in [0.2, 0.25) is 0 Å². The van der Waals surface area contributed by atoms with Crippen molar-refractivity contribution in [3.63, 3.8) is 0 Å². The fourth-order valence-electron chi connectivity index (χ4n) is 2.98. The molecule has 1 aliphatic carbocycles. The van der Waals surface area contributed by atoms with Crippen molar-refractivity contribution in [2.24, 2.45) is 5.92 Å². The number of ketones is 1. The van der Waals surface area contributed by atoms with Crippen LogP contribution in [0.1, 0.15) is 83.6 Å². The van der Waals surface area contributed by atoms with Gasteiger partial charge in [0.15, 0.2) is 0 Å². The number of hydrogen-bond acceptors (Lipinski definition) is 5. The van der Waals surface area contributed by atoms with Gasteiger partial charge < -0.3 is 14.8 Å². The van der Waals surface area contributed by atoms with E-state index in [0.29, 0.717) is 43.8 Å². The third-order valence-corrected chi connectivity index (χ3v) is 4.52. The summed E-state index contributed by atoms with van der Waals surface area (Å²) < 4.78 is 10.6. The topological polar surface area (TPSA) is 77.5 Å². The van der Waals surface area contributed by atoms with Crippen molar-refractivity contribution in [3.8, 4) is 0 Å². The largest absolute Gasteiger partial charge is 0.377 e. The Morgan fingerprint density at radius 1 is 1.10 bits per heavy atom. The molecule has 1 heterocycles. The van der Waals surface area contributed by atoms with E-state index in [1.807, 2.05) is 34.6 Å². The summed E-state index contributed by atoms with van der Waals surface area (Å²) in [6.45, 7) is 12.0. The smallest absolute Gasteiger partial charge is 0.269 e. The number of carbonyl (C=O) groups is 2. The third kappa shape index (κ3) is 14.2. The van der Waals surface area contributed by atoms with Gasteiger partial charge in [0, 0.05) is 25.1 Å². The van der Waals surface area contributed by atoms with Crippen molar-refractivity contribution >= 4 is 11.7 Å². The second kappa shape index (κ2) is 19.2. The lowest BCUT2D eigenvalue weighted by Crippen LogP contribution is -2.28. The van der Waals surface area contributed by atoms with Gasteiger partial charge in [-0.15, -0.1) is 0 Å². The molecule has 1 fully saturated rings. The van der Waals surface area contributed by atoms with Crippen LogP contribution < -0.4 is 5.32 Å². The summed E-state index contributed by atoms with van der Waals surface area (Å²) in [5.74, 6) is 0.732. The van der Waals surface area contributed by atoms with Gasteiger partial charge in [0.05, 0.1) is 25.9 Å². The molecule has 0 aromatic carbocycles. The number of pyridine rings is 1. The van der Waals surface area contributed by atoms with E-state index in [4.69, 9.17) is 9.47 Å². The monoisotopic (exact) mass is 422 g/mol. The maximum atomic E-state index is 11.6. The fraction of sp³-hybridized carbons (Fsp3) is 0.708. The molecular weight excluding hydrogens is 380 g/mol. The summed E-state index contributed by atoms with van der Waals surface area (Å²) >= 11 is 0. The number of aromatic nitrogens is 1. The van der Waals surface area contributed by atoms with E-state index in [0.717, 1.165) is 19.3 Å². The second-order valence-corrected chi connectivity index (χ2v) is 7.16. The quantitative estimate of drug-likeness (QED) is 0.547. The second-order valence-electron chi connectivity index (χ2n) is 7.16. The maximum absolute atomic E-state index is 11.6. The molecule has 1 aromatic rings. The highest BCUT2D eigenvalue weighted by atomic mass is 16.5. The Morgan fingerprint density at radius 3 is 2.37 bits per heavy atom. The molecule has 0 atom stereocenters. The maximum Gasteiger partial charge on any atom is 0.269 e. The lowest BCUT2D eigenvalue weighted by molar-refractivity contribution is -0.123. The first kappa shape index (κ1) is 28.2. The number of hydrogen-bond donors (Lipinski definition) is 1. The molecule has 1 aromatic heterocycles. The van der Waals surface area contributed by atoms with Crippen LogP contribution in [-0.2, 0) is 14.3 Å². The molecule has 0 saturated heterocycles. The van der Waals surface area contributed by atoms with E-state index in [-0.39, 0.29) is 12.0 Å². The first-order valence-electron chi connectivity index (χ1n) is 11.5. The Balaban J connectivity index is 0.000000590. The predicted molar refractivity (Wildman–Crippen MR) is 122 cm³/mol. The van der Waals surface area contributed by atoms with Crippen LogP contribution in [0.3, 0.4) is 0 Å². The van der Waals surface area contributed by atoms with Crippen molar-refractivity contribution in [1.82, 2.24) is 10.3 Å². The zero-order valence-corrected chi connectivity index (χ0v) is 19.6. The van der Waals surface area contributed by atoms with Gasteiger partial charge in [0.25, 0.3) is 5.91 Å². The van der Waals surface area contributed by atoms with Gasteiger partial charge >= 0.3 is 0 Å². The molecule has 0 aliphatic heterocycles.